The van der Waals surface area contributed by atoms with Crippen LogP contribution < -0.4 is 10.1 Å². The second-order valence-corrected chi connectivity index (χ2v) is 9.78. The zero-order valence-electron chi connectivity index (χ0n) is 22.2. The summed E-state index contributed by atoms with van der Waals surface area (Å²) in [4.78, 5) is 25.3. The highest BCUT2D eigenvalue weighted by atomic mass is 79.9. The molecule has 37 heavy (non-hydrogen) atoms. The van der Waals surface area contributed by atoms with Crippen LogP contribution in [0.1, 0.15) is 79.0 Å². The van der Waals surface area contributed by atoms with E-state index in [1.54, 1.807) is 30.3 Å². The first kappa shape index (κ1) is 30.8. The number of carbonyl (C=O) groups excluding carboxylic acids is 2. The van der Waals surface area contributed by atoms with Gasteiger partial charge in [-0.25, -0.2) is 4.79 Å². The summed E-state index contributed by atoms with van der Waals surface area (Å²) in [5.41, 5.74) is 1.60. The topological polar surface area (TPSA) is 84.9 Å². The van der Waals surface area contributed by atoms with Gasteiger partial charge in [-0.3, -0.25) is 4.79 Å². The number of hydrogen-bond donors (Lipinski definition) is 2. The molecule has 1 fully saturated rings. The Morgan fingerprint density at radius 1 is 0.919 bits per heavy atom. The number of rotatable bonds is 14. The molecule has 2 aromatic rings. The highest BCUT2D eigenvalue weighted by Crippen LogP contribution is 2.21. The van der Waals surface area contributed by atoms with Crippen LogP contribution in [-0.4, -0.2) is 60.5 Å². The fourth-order valence-electron chi connectivity index (χ4n) is 4.50. The van der Waals surface area contributed by atoms with E-state index in [4.69, 9.17) is 13.7 Å². The largest absolute Gasteiger partial charge is 0.493 e. The number of likely N-dealkylation sites (N-methyl/N-ethyl adjacent to an activating group) is 1. The fourth-order valence-corrected chi connectivity index (χ4v) is 4.50. The predicted octanol–water partition coefficient (Wildman–Crippen LogP) is 6.36. The summed E-state index contributed by atoms with van der Waals surface area (Å²) in [6, 6.07) is 14.1. The van der Waals surface area contributed by atoms with Gasteiger partial charge in [0.1, 0.15) is 18.9 Å². The van der Waals surface area contributed by atoms with E-state index in [1.807, 2.05) is 34.5 Å². The minimum absolute atomic E-state index is 0.235. The molecule has 2 aromatic carbocycles. The summed E-state index contributed by atoms with van der Waals surface area (Å²) in [5.74, 6) is 0.0247. The molecule has 3 rings (SSSR count). The third kappa shape index (κ3) is 10.8. The van der Waals surface area contributed by atoms with E-state index in [-0.39, 0.29) is 11.9 Å². The fraction of sp³-hybridized carbons (Fsp3) is 0.517. The number of para-hydroxylation sites is 1. The van der Waals surface area contributed by atoms with E-state index in [0.29, 0.717) is 35.8 Å². The monoisotopic (exact) mass is 577 g/mol. The van der Waals surface area contributed by atoms with Crippen LogP contribution in [0.4, 0.5) is 5.69 Å². The van der Waals surface area contributed by atoms with E-state index in [0.717, 1.165) is 37.0 Å². The Labute approximate surface area is 230 Å². The number of esters is 1. The van der Waals surface area contributed by atoms with Gasteiger partial charge < -0.3 is 23.5 Å². The van der Waals surface area contributed by atoms with E-state index < -0.39 is 0 Å². The lowest BCUT2D eigenvalue weighted by molar-refractivity contribution is -0.897. The van der Waals surface area contributed by atoms with Gasteiger partial charge in [-0.15, -0.1) is 0 Å². The lowest BCUT2D eigenvalue weighted by Gasteiger charge is -2.28. The van der Waals surface area contributed by atoms with Gasteiger partial charge in [0, 0.05) is 18.5 Å². The van der Waals surface area contributed by atoms with Crippen molar-refractivity contribution in [1.82, 2.24) is 0 Å². The van der Waals surface area contributed by atoms with Gasteiger partial charge in [-0.05, 0) is 42.8 Å². The number of likely N-dealkylation sites (tertiary alicyclic amines) is 1. The maximum atomic E-state index is 12.9. The van der Waals surface area contributed by atoms with E-state index in [9.17, 15) is 9.59 Å². The molecule has 1 aliphatic heterocycles. The van der Waals surface area contributed by atoms with Crippen LogP contribution in [0.15, 0.2) is 48.5 Å². The van der Waals surface area contributed by atoms with Crippen molar-refractivity contribution in [3.05, 3.63) is 59.7 Å². The first-order chi connectivity index (χ1) is 18.0. The van der Waals surface area contributed by atoms with Crippen LogP contribution in [0.3, 0.4) is 0 Å². The lowest BCUT2D eigenvalue weighted by atomic mass is 10.1. The molecule has 0 bridgehead atoms. The van der Waals surface area contributed by atoms with E-state index in [1.165, 1.54) is 38.5 Å². The third-order valence-electron chi connectivity index (χ3n) is 6.78. The number of anilines is 1. The number of benzene rings is 2. The molecular weight excluding hydrogens is 536 g/mol. The van der Waals surface area contributed by atoms with Crippen LogP contribution in [-0.2, 0) is 4.74 Å². The maximum Gasteiger partial charge on any atom is 0.338 e. The molecule has 1 saturated heterocycles. The molecule has 1 heterocycles. The summed E-state index contributed by atoms with van der Waals surface area (Å²) in [6.07, 6.45) is 9.62. The number of nitrogens with zero attached hydrogens (tertiary/aromatic N) is 1. The van der Waals surface area contributed by atoms with Gasteiger partial charge in [0.2, 0.25) is 0 Å². The highest BCUT2D eigenvalue weighted by molar-refractivity contribution is 9.05. The first-order valence-electron chi connectivity index (χ1n) is 13.3. The summed E-state index contributed by atoms with van der Waals surface area (Å²) in [6.45, 7) is 6.39. The third-order valence-corrected chi connectivity index (χ3v) is 6.78. The molecule has 0 saturated carbocycles. The average Bonchev–Trinajstić information content (AvgIpc) is 3.36. The summed E-state index contributed by atoms with van der Waals surface area (Å²) >= 11 is 1.94. The second kappa shape index (κ2) is 17.2. The molecule has 7 nitrogen and oxygen atoms in total. The molecular formula is C29H42BrN2O5+. The summed E-state index contributed by atoms with van der Waals surface area (Å²) in [5, 5.41) is 2.90. The predicted molar refractivity (Wildman–Crippen MR) is 151 cm³/mol. The van der Waals surface area contributed by atoms with E-state index in [2.05, 4.69) is 19.3 Å². The Kier molecular flexibility index (Phi) is 14.3. The number of quaternary nitrogens is 1. The second-order valence-electron chi connectivity index (χ2n) is 9.78. The van der Waals surface area contributed by atoms with Crippen LogP contribution >= 0.6 is 16.3 Å². The van der Waals surface area contributed by atoms with Crippen LogP contribution in [0.2, 0.25) is 0 Å². The number of amides is 1. The van der Waals surface area contributed by atoms with Gasteiger partial charge in [-0.2, -0.15) is 0 Å². The van der Waals surface area contributed by atoms with Crippen molar-refractivity contribution < 1.29 is 27.7 Å². The Bertz CT molecular complexity index is 946. The lowest BCUT2D eigenvalue weighted by Crippen LogP contribution is -2.43. The number of nitrogens with one attached hydrogen (secondary N) is 1. The van der Waals surface area contributed by atoms with Gasteiger partial charge in [0.05, 0.1) is 54.1 Å². The number of ether oxygens (including phenoxy) is 2. The van der Waals surface area contributed by atoms with Crippen molar-refractivity contribution in [2.75, 3.05) is 45.2 Å². The number of halogens is 1. The molecule has 0 aliphatic carbocycles. The minimum atomic E-state index is -0.331. The molecule has 2 N–H and O–H groups in total. The van der Waals surface area contributed by atoms with Crippen LogP contribution in [0.25, 0.3) is 0 Å². The first-order valence-corrected chi connectivity index (χ1v) is 14.0. The minimum Gasteiger partial charge on any atom is -0.493 e. The van der Waals surface area contributed by atoms with Crippen molar-refractivity contribution in [3.63, 3.8) is 0 Å². The normalized spacial score (nSPS) is 13.8. The maximum absolute atomic E-state index is 12.9. The quantitative estimate of drug-likeness (QED) is 0.155. The smallest absolute Gasteiger partial charge is 0.338 e. The molecule has 1 aliphatic rings. The van der Waals surface area contributed by atoms with Gasteiger partial charge in [0.25, 0.3) is 5.91 Å². The van der Waals surface area contributed by atoms with Crippen molar-refractivity contribution >= 4 is 33.8 Å². The zero-order chi connectivity index (χ0) is 26.9. The molecule has 0 aromatic heterocycles. The summed E-state index contributed by atoms with van der Waals surface area (Å²) in [7, 11) is 2.22. The highest BCUT2D eigenvalue weighted by Gasteiger charge is 2.26. The number of unbranched alkanes of at least 4 members (excludes halogenated alkanes) is 5. The Hall–Kier alpha value is -2.42. The molecule has 1 amide bonds. The summed E-state index contributed by atoms with van der Waals surface area (Å²) < 4.78 is 19.2. The zero-order valence-corrected chi connectivity index (χ0v) is 23.8. The van der Waals surface area contributed by atoms with Crippen molar-refractivity contribution in [2.45, 2.75) is 58.3 Å². The average molecular weight is 579 g/mol. The number of carbonyl (C=O) groups is 2. The molecule has 0 spiro atoms. The molecule has 0 unspecified atom stereocenters. The van der Waals surface area contributed by atoms with Gasteiger partial charge in [0.15, 0.2) is 0 Å². The standard InChI is InChI=1S/C29H40N2O4.BrHO/c1-3-4-5-6-7-12-22-34-27-14-9-8-13-26(27)28(32)30-25-17-15-24(16-18-25)29(33)35-23-21-31(2)19-10-11-20-31;1-2/h8-9,13-18H,3-7,10-12,19-23H2,1-2H3;2H/p+1. The van der Waals surface area contributed by atoms with Crippen molar-refractivity contribution in [2.24, 2.45) is 0 Å². The molecule has 0 radical (unpaired) electrons. The SMILES string of the molecule is CCCCCCCCOc1ccccc1C(=O)Nc1ccc(C(=O)OCC[N+]2(C)CCCC2)cc1.OBr. The Morgan fingerprint density at radius 2 is 1.57 bits per heavy atom. The molecule has 0 atom stereocenters. The van der Waals surface area contributed by atoms with Gasteiger partial charge in [-0.1, -0.05) is 51.2 Å². The van der Waals surface area contributed by atoms with E-state index >= 15 is 0 Å². The van der Waals surface area contributed by atoms with Crippen molar-refractivity contribution in [1.29, 1.82) is 0 Å². The molecule has 204 valence electrons. The Morgan fingerprint density at radius 3 is 2.27 bits per heavy atom. The molecule has 8 heteroatoms. The van der Waals surface area contributed by atoms with Crippen molar-refractivity contribution in [3.8, 4) is 5.75 Å². The Balaban J connectivity index is 0.00000235. The van der Waals surface area contributed by atoms with Crippen LogP contribution in [0, 0.1) is 0 Å². The number of hydrogen-bond acceptors (Lipinski definition) is 5. The van der Waals surface area contributed by atoms with Gasteiger partial charge >= 0.3 is 5.97 Å². The van der Waals surface area contributed by atoms with Crippen LogP contribution in [0.5, 0.6) is 5.75 Å².